The van der Waals surface area contributed by atoms with Crippen LogP contribution in [0.4, 0.5) is 0 Å². The average Bonchev–Trinajstić information content (AvgIpc) is 2.43. The zero-order valence-electron chi connectivity index (χ0n) is 11.9. The molecule has 1 rings (SSSR count). The molecule has 1 atom stereocenters. The number of hydrogen-bond donors (Lipinski definition) is 2. The lowest BCUT2D eigenvalue weighted by Crippen LogP contribution is -2.41. The molecule has 2 N–H and O–H groups in total. The van der Waals surface area contributed by atoms with Crippen LogP contribution in [0.5, 0.6) is 0 Å². The van der Waals surface area contributed by atoms with Crippen LogP contribution >= 0.6 is 11.8 Å². The second-order valence-electron chi connectivity index (χ2n) is 4.97. The van der Waals surface area contributed by atoms with E-state index in [9.17, 15) is 9.90 Å². The summed E-state index contributed by atoms with van der Waals surface area (Å²) in [6, 6.07) is 7.57. The van der Waals surface area contributed by atoms with E-state index in [4.69, 9.17) is 0 Å². The van der Waals surface area contributed by atoms with Crippen molar-refractivity contribution >= 4 is 17.7 Å². The minimum absolute atomic E-state index is 0.132. The minimum Gasteiger partial charge on any atom is -0.388 e. The van der Waals surface area contributed by atoms with E-state index in [1.54, 1.807) is 18.7 Å². The first-order valence-corrected chi connectivity index (χ1v) is 7.96. The highest BCUT2D eigenvalue weighted by molar-refractivity contribution is 7.98. The van der Waals surface area contributed by atoms with Crippen molar-refractivity contribution in [3.63, 3.8) is 0 Å². The number of benzene rings is 1. The smallest absolute Gasteiger partial charge is 0.251 e. The Bertz CT molecular complexity index is 401. The molecule has 0 fully saturated rings. The molecule has 0 saturated heterocycles. The van der Waals surface area contributed by atoms with Crippen molar-refractivity contribution in [2.75, 3.05) is 18.6 Å². The molecule has 1 aromatic rings. The van der Waals surface area contributed by atoms with Gasteiger partial charge >= 0.3 is 0 Å². The van der Waals surface area contributed by atoms with Gasteiger partial charge in [0, 0.05) is 12.1 Å². The molecule has 1 amide bonds. The predicted molar refractivity (Wildman–Crippen MR) is 81.8 cm³/mol. The van der Waals surface area contributed by atoms with Crippen LogP contribution < -0.4 is 5.32 Å². The van der Waals surface area contributed by atoms with Crippen LogP contribution in [-0.2, 0) is 6.42 Å². The molecule has 0 bridgehead atoms. The lowest BCUT2D eigenvalue weighted by Gasteiger charge is -2.23. The number of amides is 1. The first kappa shape index (κ1) is 16.1. The third-order valence-corrected chi connectivity index (χ3v) is 3.71. The summed E-state index contributed by atoms with van der Waals surface area (Å²) in [7, 11) is 0. The SMILES string of the molecule is CCc1ccc(C(=O)NC[C@](C)(O)CCSC)cc1. The van der Waals surface area contributed by atoms with Gasteiger partial charge in [-0.1, -0.05) is 19.1 Å². The highest BCUT2D eigenvalue weighted by atomic mass is 32.2. The topological polar surface area (TPSA) is 49.3 Å². The molecule has 0 radical (unpaired) electrons. The van der Waals surface area contributed by atoms with Gasteiger partial charge < -0.3 is 10.4 Å². The minimum atomic E-state index is -0.845. The van der Waals surface area contributed by atoms with Crippen LogP contribution in [-0.4, -0.2) is 35.2 Å². The Morgan fingerprint density at radius 2 is 2.00 bits per heavy atom. The van der Waals surface area contributed by atoms with E-state index in [0.717, 1.165) is 12.2 Å². The van der Waals surface area contributed by atoms with E-state index >= 15 is 0 Å². The number of hydrogen-bond acceptors (Lipinski definition) is 3. The van der Waals surface area contributed by atoms with Crippen molar-refractivity contribution in [3.05, 3.63) is 35.4 Å². The maximum Gasteiger partial charge on any atom is 0.251 e. The summed E-state index contributed by atoms with van der Waals surface area (Å²) in [5.74, 6) is 0.751. The molecular formula is C15H23NO2S. The number of aryl methyl sites for hydroxylation is 1. The fourth-order valence-corrected chi connectivity index (χ4v) is 2.32. The quantitative estimate of drug-likeness (QED) is 0.807. The van der Waals surface area contributed by atoms with Gasteiger partial charge in [0.2, 0.25) is 0 Å². The summed E-state index contributed by atoms with van der Waals surface area (Å²) in [5.41, 5.74) is 1.00. The number of nitrogens with one attached hydrogen (secondary N) is 1. The van der Waals surface area contributed by atoms with Gasteiger partial charge in [-0.05, 0) is 49.5 Å². The zero-order valence-corrected chi connectivity index (χ0v) is 12.7. The highest BCUT2D eigenvalue weighted by Gasteiger charge is 2.20. The summed E-state index contributed by atoms with van der Waals surface area (Å²) in [6.45, 7) is 4.11. The highest BCUT2D eigenvalue weighted by Crippen LogP contribution is 2.12. The van der Waals surface area contributed by atoms with Crippen LogP contribution in [0, 0.1) is 0 Å². The first-order chi connectivity index (χ1) is 8.98. The van der Waals surface area contributed by atoms with Crippen molar-refractivity contribution < 1.29 is 9.90 Å². The van der Waals surface area contributed by atoms with E-state index < -0.39 is 5.60 Å². The van der Waals surface area contributed by atoms with Gasteiger partial charge in [-0.3, -0.25) is 4.79 Å². The Morgan fingerprint density at radius 3 is 2.53 bits per heavy atom. The molecule has 0 saturated carbocycles. The van der Waals surface area contributed by atoms with Crippen LogP contribution in [0.2, 0.25) is 0 Å². The van der Waals surface area contributed by atoms with Crippen molar-refractivity contribution in [1.29, 1.82) is 0 Å². The van der Waals surface area contributed by atoms with Crippen LogP contribution in [0.15, 0.2) is 24.3 Å². The van der Waals surface area contributed by atoms with Crippen molar-refractivity contribution in [2.45, 2.75) is 32.3 Å². The second kappa shape index (κ2) is 7.56. The van der Waals surface area contributed by atoms with E-state index in [2.05, 4.69) is 12.2 Å². The van der Waals surface area contributed by atoms with E-state index in [-0.39, 0.29) is 12.5 Å². The molecule has 0 heterocycles. The van der Waals surface area contributed by atoms with E-state index in [0.29, 0.717) is 12.0 Å². The summed E-state index contributed by atoms with van der Waals surface area (Å²) < 4.78 is 0. The fraction of sp³-hybridized carbons (Fsp3) is 0.533. The second-order valence-corrected chi connectivity index (χ2v) is 5.96. The molecule has 0 spiro atoms. The van der Waals surface area contributed by atoms with Gasteiger partial charge in [-0.25, -0.2) is 0 Å². The van der Waals surface area contributed by atoms with Crippen molar-refractivity contribution in [1.82, 2.24) is 5.32 Å². The maximum atomic E-state index is 11.9. The van der Waals surface area contributed by atoms with Gasteiger partial charge in [0.05, 0.1) is 5.60 Å². The first-order valence-electron chi connectivity index (χ1n) is 6.57. The number of carbonyl (C=O) groups is 1. The van der Waals surface area contributed by atoms with Gasteiger partial charge in [-0.2, -0.15) is 11.8 Å². The maximum absolute atomic E-state index is 11.9. The summed E-state index contributed by atoms with van der Waals surface area (Å²) in [6.07, 6.45) is 3.64. The predicted octanol–water partition coefficient (Wildman–Crippen LogP) is 2.48. The number of rotatable bonds is 7. The standard InChI is InChI=1S/C15H23NO2S/c1-4-12-5-7-13(8-6-12)14(17)16-11-15(2,18)9-10-19-3/h5-8,18H,4,9-11H2,1-3H3,(H,16,17)/t15-/m1/s1. The molecule has 1 aromatic carbocycles. The molecule has 0 aromatic heterocycles. The Kier molecular flexibility index (Phi) is 6.38. The van der Waals surface area contributed by atoms with Gasteiger partial charge in [-0.15, -0.1) is 0 Å². The fourth-order valence-electron chi connectivity index (χ4n) is 1.67. The number of aliphatic hydroxyl groups is 1. The van der Waals surface area contributed by atoms with Crippen LogP contribution in [0.3, 0.4) is 0 Å². The Morgan fingerprint density at radius 1 is 1.37 bits per heavy atom. The zero-order chi connectivity index (χ0) is 14.3. The molecular weight excluding hydrogens is 258 g/mol. The third-order valence-electron chi connectivity index (χ3n) is 3.10. The normalized spacial score (nSPS) is 13.9. The third kappa shape index (κ3) is 5.66. The number of carbonyl (C=O) groups excluding carboxylic acids is 1. The number of thioether (sulfide) groups is 1. The molecule has 106 valence electrons. The van der Waals surface area contributed by atoms with Gasteiger partial charge in [0.15, 0.2) is 0 Å². The molecule has 19 heavy (non-hydrogen) atoms. The summed E-state index contributed by atoms with van der Waals surface area (Å²) in [5, 5.41) is 12.9. The molecule has 0 aliphatic heterocycles. The summed E-state index contributed by atoms with van der Waals surface area (Å²) >= 11 is 1.69. The monoisotopic (exact) mass is 281 g/mol. The lowest BCUT2D eigenvalue weighted by molar-refractivity contribution is 0.0528. The van der Waals surface area contributed by atoms with Crippen molar-refractivity contribution in [2.24, 2.45) is 0 Å². The molecule has 0 aliphatic carbocycles. The summed E-state index contributed by atoms with van der Waals surface area (Å²) in [4.78, 5) is 11.9. The Balaban J connectivity index is 2.50. The van der Waals surface area contributed by atoms with Crippen LogP contribution in [0.1, 0.15) is 36.2 Å². The van der Waals surface area contributed by atoms with Crippen molar-refractivity contribution in [3.8, 4) is 0 Å². The molecule has 3 nitrogen and oxygen atoms in total. The van der Waals surface area contributed by atoms with Crippen LogP contribution in [0.25, 0.3) is 0 Å². The molecule has 4 heteroatoms. The van der Waals surface area contributed by atoms with E-state index in [1.165, 1.54) is 5.56 Å². The van der Waals surface area contributed by atoms with Gasteiger partial charge in [0.1, 0.15) is 0 Å². The van der Waals surface area contributed by atoms with Gasteiger partial charge in [0.25, 0.3) is 5.91 Å². The Hall–Kier alpha value is -1.00. The lowest BCUT2D eigenvalue weighted by atomic mass is 10.0. The Labute approximate surface area is 119 Å². The largest absolute Gasteiger partial charge is 0.388 e. The molecule has 0 aliphatic rings. The average molecular weight is 281 g/mol. The van der Waals surface area contributed by atoms with E-state index in [1.807, 2.05) is 30.5 Å². The molecule has 0 unspecified atom stereocenters.